The van der Waals surface area contributed by atoms with Crippen molar-refractivity contribution in [1.29, 1.82) is 0 Å². The first-order valence-corrected chi connectivity index (χ1v) is 11.9. The first kappa shape index (κ1) is 21.8. The molecule has 0 radical (unpaired) electrons. The van der Waals surface area contributed by atoms with E-state index in [9.17, 15) is 13.2 Å². The van der Waals surface area contributed by atoms with E-state index >= 15 is 0 Å². The monoisotopic (exact) mass is 425 g/mol. The summed E-state index contributed by atoms with van der Waals surface area (Å²) in [6.07, 6.45) is 6.74. The Morgan fingerprint density at radius 2 is 1.76 bits per heavy atom. The minimum atomic E-state index is -3.37. The van der Waals surface area contributed by atoms with E-state index in [1.165, 1.54) is 30.0 Å². The van der Waals surface area contributed by atoms with Gasteiger partial charge in [-0.15, -0.1) is 0 Å². The first-order chi connectivity index (χ1) is 14.0. The molecule has 2 N–H and O–H groups in total. The van der Waals surface area contributed by atoms with Gasteiger partial charge in [-0.3, -0.25) is 0 Å². The summed E-state index contributed by atoms with van der Waals surface area (Å²) in [6.45, 7) is 4.06. The predicted molar refractivity (Wildman–Crippen MR) is 111 cm³/mol. The number of nitrogens with one attached hydrogen (secondary N) is 2. The van der Waals surface area contributed by atoms with Gasteiger partial charge in [0.25, 0.3) is 0 Å². The lowest BCUT2D eigenvalue weighted by Crippen LogP contribution is -2.44. The van der Waals surface area contributed by atoms with Crippen molar-refractivity contribution in [3.05, 3.63) is 23.9 Å². The second-order valence-corrected chi connectivity index (χ2v) is 9.45. The normalized spacial score (nSPS) is 18.8. The van der Waals surface area contributed by atoms with E-state index in [2.05, 4.69) is 20.5 Å². The number of carbonyl (C=O) groups excluding carboxylic acids is 1. The highest BCUT2D eigenvalue weighted by atomic mass is 32.2. The van der Waals surface area contributed by atoms with Gasteiger partial charge < -0.3 is 20.3 Å². The highest BCUT2D eigenvalue weighted by Crippen LogP contribution is 2.17. The van der Waals surface area contributed by atoms with Crippen LogP contribution < -0.4 is 15.5 Å². The molecule has 2 fully saturated rings. The van der Waals surface area contributed by atoms with Crippen LogP contribution >= 0.6 is 0 Å². The molecule has 0 aliphatic carbocycles. The van der Waals surface area contributed by atoms with Gasteiger partial charge in [-0.2, -0.15) is 4.31 Å². The average Bonchev–Trinajstić information content (AvgIpc) is 3.03. The van der Waals surface area contributed by atoms with Gasteiger partial charge in [0.2, 0.25) is 10.0 Å². The van der Waals surface area contributed by atoms with Crippen LogP contribution in [0.15, 0.2) is 18.3 Å². The summed E-state index contributed by atoms with van der Waals surface area (Å²) in [5, 5.41) is 5.34. The Hall–Kier alpha value is -1.91. The van der Waals surface area contributed by atoms with Gasteiger partial charge in [-0.25, -0.2) is 18.2 Å². The lowest BCUT2D eigenvalue weighted by molar-refractivity contribution is 0.0730. The van der Waals surface area contributed by atoms with E-state index in [1.54, 1.807) is 6.20 Å². The fraction of sp³-hybridized carbons (Fsp3) is 0.684. The average molecular weight is 426 g/mol. The Labute approximate surface area is 172 Å². The van der Waals surface area contributed by atoms with Gasteiger partial charge >= 0.3 is 6.03 Å². The van der Waals surface area contributed by atoms with Crippen LogP contribution in [0.5, 0.6) is 0 Å². The molecule has 1 aromatic rings. The molecule has 10 heteroatoms. The fourth-order valence-corrected chi connectivity index (χ4v) is 4.82. The zero-order valence-electron chi connectivity index (χ0n) is 16.8. The highest BCUT2D eigenvalue weighted by Gasteiger charge is 2.23. The smallest absolute Gasteiger partial charge is 0.315 e. The first-order valence-electron chi connectivity index (χ1n) is 10.3. The highest BCUT2D eigenvalue weighted by molar-refractivity contribution is 7.89. The van der Waals surface area contributed by atoms with Crippen molar-refractivity contribution < 1.29 is 17.9 Å². The molecule has 2 amide bonds. The van der Waals surface area contributed by atoms with Crippen molar-refractivity contribution in [2.45, 2.75) is 32.2 Å². The molecule has 2 aliphatic heterocycles. The molecule has 3 heterocycles. The van der Waals surface area contributed by atoms with E-state index in [-0.39, 0.29) is 12.3 Å². The zero-order valence-corrected chi connectivity index (χ0v) is 17.6. The number of anilines is 1. The van der Waals surface area contributed by atoms with E-state index in [4.69, 9.17) is 4.74 Å². The second-order valence-electron chi connectivity index (χ2n) is 7.36. The number of pyridine rings is 1. The number of hydrogen-bond acceptors (Lipinski definition) is 6. The van der Waals surface area contributed by atoms with Gasteiger partial charge in [0.15, 0.2) is 0 Å². The third-order valence-corrected chi connectivity index (χ3v) is 7.07. The summed E-state index contributed by atoms with van der Waals surface area (Å²) in [4.78, 5) is 18.8. The number of urea groups is 1. The third kappa shape index (κ3) is 6.83. The molecule has 2 aliphatic rings. The van der Waals surface area contributed by atoms with Crippen LogP contribution in [0.3, 0.4) is 0 Å². The third-order valence-electron chi connectivity index (χ3n) is 5.20. The molecule has 0 saturated carbocycles. The van der Waals surface area contributed by atoms with Crippen molar-refractivity contribution in [3.63, 3.8) is 0 Å². The van der Waals surface area contributed by atoms with Crippen molar-refractivity contribution >= 4 is 21.9 Å². The number of aromatic nitrogens is 1. The van der Waals surface area contributed by atoms with E-state index < -0.39 is 16.1 Å². The zero-order chi connectivity index (χ0) is 20.5. The number of rotatable bonds is 7. The van der Waals surface area contributed by atoms with Gasteiger partial charge in [0, 0.05) is 45.5 Å². The summed E-state index contributed by atoms with van der Waals surface area (Å²) >= 11 is 0. The van der Waals surface area contributed by atoms with Gasteiger partial charge in [0.05, 0.1) is 19.0 Å². The maximum atomic E-state index is 12.2. The summed E-state index contributed by atoms with van der Waals surface area (Å²) in [5.74, 6) is 0.861. The lowest BCUT2D eigenvalue weighted by Gasteiger charge is -2.26. The summed E-state index contributed by atoms with van der Waals surface area (Å²) in [5.41, 5.74) is 0.902. The van der Waals surface area contributed by atoms with Gasteiger partial charge in [-0.1, -0.05) is 18.9 Å². The largest absolute Gasteiger partial charge is 0.379 e. The summed E-state index contributed by atoms with van der Waals surface area (Å²) < 4.78 is 31.0. The number of carbonyl (C=O) groups is 1. The fourth-order valence-electron chi connectivity index (χ4n) is 3.50. The predicted octanol–water partition coefficient (Wildman–Crippen LogP) is 0.923. The molecule has 9 nitrogen and oxygen atoms in total. The Morgan fingerprint density at radius 1 is 1.03 bits per heavy atom. The number of hydrogen-bond donors (Lipinski definition) is 2. The molecule has 0 aromatic carbocycles. The van der Waals surface area contributed by atoms with Crippen LogP contribution in [0.25, 0.3) is 0 Å². The molecule has 0 bridgehead atoms. The molecule has 3 rings (SSSR count). The minimum Gasteiger partial charge on any atom is -0.379 e. The Kier molecular flexibility index (Phi) is 8.08. The van der Waals surface area contributed by atoms with E-state index in [0.717, 1.165) is 24.5 Å². The van der Waals surface area contributed by atoms with Crippen LogP contribution in [0.4, 0.5) is 10.6 Å². The molecular formula is C19H31N5O4S. The standard InChI is InChI=1S/C19H31N5O4S/c25-19(20-7-14-29(26,27)24-10-12-28-13-11-24)22-16-17-5-6-18(21-15-17)23-8-3-1-2-4-9-23/h5-6,15H,1-4,7-14,16H2,(H2,20,22,25). The van der Waals surface area contributed by atoms with Crippen LogP contribution in [0.1, 0.15) is 31.2 Å². The van der Waals surface area contributed by atoms with Crippen LogP contribution in [-0.4, -0.2) is 75.4 Å². The summed E-state index contributed by atoms with van der Waals surface area (Å²) in [7, 11) is -3.37. The lowest BCUT2D eigenvalue weighted by atomic mass is 10.2. The topological polar surface area (TPSA) is 104 Å². The van der Waals surface area contributed by atoms with Crippen molar-refractivity contribution in [2.75, 3.05) is 56.6 Å². The molecule has 0 spiro atoms. The molecule has 0 unspecified atom stereocenters. The number of sulfonamides is 1. The SMILES string of the molecule is O=C(NCCS(=O)(=O)N1CCOCC1)NCc1ccc(N2CCCCCC2)nc1. The van der Waals surface area contributed by atoms with Gasteiger partial charge in [-0.05, 0) is 24.5 Å². The number of amides is 2. The van der Waals surface area contributed by atoms with Crippen molar-refractivity contribution in [2.24, 2.45) is 0 Å². The van der Waals surface area contributed by atoms with Crippen LogP contribution in [0.2, 0.25) is 0 Å². The maximum absolute atomic E-state index is 12.2. The molecule has 1 aromatic heterocycles. The maximum Gasteiger partial charge on any atom is 0.315 e. The molecule has 2 saturated heterocycles. The van der Waals surface area contributed by atoms with Crippen molar-refractivity contribution in [1.82, 2.24) is 19.9 Å². The number of ether oxygens (including phenoxy) is 1. The molecule has 29 heavy (non-hydrogen) atoms. The van der Waals surface area contributed by atoms with Crippen LogP contribution in [-0.2, 0) is 21.3 Å². The minimum absolute atomic E-state index is 0.0671. The summed E-state index contributed by atoms with van der Waals surface area (Å²) in [6, 6.07) is 3.57. The second kappa shape index (κ2) is 10.7. The Balaban J connectivity index is 1.37. The number of nitrogens with zero attached hydrogens (tertiary/aromatic N) is 3. The molecule has 162 valence electrons. The van der Waals surface area contributed by atoms with E-state index in [0.29, 0.717) is 32.8 Å². The van der Waals surface area contributed by atoms with E-state index in [1.807, 2.05) is 12.1 Å². The van der Waals surface area contributed by atoms with Gasteiger partial charge in [0.1, 0.15) is 5.82 Å². The Bertz CT molecular complexity index is 742. The van der Waals surface area contributed by atoms with Crippen LogP contribution in [0, 0.1) is 0 Å². The molecular weight excluding hydrogens is 394 g/mol. The Morgan fingerprint density at radius 3 is 2.41 bits per heavy atom. The number of morpholine rings is 1. The van der Waals surface area contributed by atoms with Crippen molar-refractivity contribution in [3.8, 4) is 0 Å². The molecule has 0 atom stereocenters. The quantitative estimate of drug-likeness (QED) is 0.673.